The summed E-state index contributed by atoms with van der Waals surface area (Å²) in [7, 11) is 0. The summed E-state index contributed by atoms with van der Waals surface area (Å²) in [5, 5.41) is 2.83. The zero-order valence-electron chi connectivity index (χ0n) is 37.1. The first kappa shape index (κ1) is 51.4. The Morgan fingerprint density at radius 2 is 1.12 bits per heavy atom. The molecule has 2 nitrogen and oxygen atoms in total. The van der Waals surface area contributed by atoms with Crippen LogP contribution in [0.5, 0.6) is 0 Å². The SMILES string of the molecule is CCCCCCCCCCCC#CCCc1ccccc1C(=CC(=C=[N+]=[N-])CCCCCC)c1cccc(CCCC)c1.CCCCC[CH2][Ni][CH2]CCCCC. The monoisotopic (exact) mass is 807 g/mol. The summed E-state index contributed by atoms with van der Waals surface area (Å²) in [5.74, 6) is 9.80. The van der Waals surface area contributed by atoms with Crippen LogP contribution in [0.3, 0.4) is 0 Å². The van der Waals surface area contributed by atoms with Crippen LogP contribution in [0.2, 0.25) is 10.8 Å². The molecular formula is C53H84N2Ni. The second-order valence-corrected chi connectivity index (χ2v) is 17.1. The summed E-state index contributed by atoms with van der Waals surface area (Å²) in [6.45, 7) is 11.3. The molecule has 3 heteroatoms. The Morgan fingerprint density at radius 1 is 0.571 bits per heavy atom. The zero-order valence-corrected chi connectivity index (χ0v) is 38.1. The summed E-state index contributed by atoms with van der Waals surface area (Å²) in [6.07, 6.45) is 37.6. The molecule has 0 spiro atoms. The second kappa shape index (κ2) is 39.2. The van der Waals surface area contributed by atoms with Gasteiger partial charge in [-0.25, -0.2) is 0 Å². The molecule has 0 heterocycles. The average molecular weight is 808 g/mol. The van der Waals surface area contributed by atoms with Gasteiger partial charge < -0.3 is 5.53 Å². The van der Waals surface area contributed by atoms with Gasteiger partial charge in [0.1, 0.15) is 0 Å². The van der Waals surface area contributed by atoms with Crippen LogP contribution in [0.1, 0.15) is 224 Å². The van der Waals surface area contributed by atoms with Crippen LogP contribution in [0, 0.1) is 11.8 Å². The van der Waals surface area contributed by atoms with E-state index in [-0.39, 0.29) is 0 Å². The number of rotatable bonds is 32. The topological polar surface area (TPSA) is 36.4 Å². The van der Waals surface area contributed by atoms with Crippen LogP contribution in [0.25, 0.3) is 11.1 Å². The van der Waals surface area contributed by atoms with Gasteiger partial charge in [0.2, 0.25) is 0 Å². The quantitative estimate of drug-likeness (QED) is 0.0134. The Bertz CT molecular complexity index is 1390. The van der Waals surface area contributed by atoms with Gasteiger partial charge in [0.25, 0.3) is 0 Å². The van der Waals surface area contributed by atoms with Gasteiger partial charge in [0, 0.05) is 12.8 Å². The molecule has 0 aliphatic heterocycles. The van der Waals surface area contributed by atoms with E-state index in [0.29, 0.717) is 0 Å². The molecule has 56 heavy (non-hydrogen) atoms. The van der Waals surface area contributed by atoms with Gasteiger partial charge in [-0.2, -0.15) is 0 Å². The first-order chi connectivity index (χ1) is 27.6. The molecule has 0 atom stereocenters. The number of nitrogens with zero attached hydrogens (tertiary/aromatic N) is 2. The van der Waals surface area contributed by atoms with Crippen molar-refractivity contribution in [3.05, 3.63) is 88.0 Å². The van der Waals surface area contributed by atoms with E-state index in [2.05, 4.69) is 112 Å². The van der Waals surface area contributed by atoms with Gasteiger partial charge in [-0.05, 0) is 72.4 Å². The number of allylic oxidation sites excluding steroid dienone is 2. The van der Waals surface area contributed by atoms with E-state index < -0.39 is 0 Å². The molecule has 0 aliphatic rings. The predicted molar refractivity (Wildman–Crippen MR) is 245 cm³/mol. The molecule has 2 aromatic carbocycles. The van der Waals surface area contributed by atoms with Crippen molar-refractivity contribution in [2.24, 2.45) is 0 Å². The molecule has 0 amide bonds. The molecule has 0 fully saturated rings. The number of aryl methyl sites for hydroxylation is 2. The van der Waals surface area contributed by atoms with Crippen LogP contribution in [-0.2, 0) is 27.3 Å². The molecule has 2 rings (SSSR count). The number of hydrogen-bond donors (Lipinski definition) is 0. The zero-order chi connectivity index (χ0) is 40.6. The Balaban J connectivity index is 0.00000103. The van der Waals surface area contributed by atoms with E-state index in [1.807, 2.05) is 14.4 Å². The van der Waals surface area contributed by atoms with Crippen molar-refractivity contribution >= 4 is 11.4 Å². The average Bonchev–Trinajstić information content (AvgIpc) is 3.22. The molecule has 0 saturated carbocycles. The standard InChI is InChI=1S/C41H58N2.2C6H13.Ni/c1-4-7-10-12-13-14-15-16-17-18-19-20-22-29-38-30-23-24-32-40(38)41(34-37(35-43-42)27-21-11-8-5-2)39-31-25-28-36(33-39)26-9-6-3;2*1-3-5-6-4-2;/h23-25,28,30-34H,4-18,21-22,26-27,29H2,1-3H3;2*1,3-6H2,2H3;. The Labute approximate surface area is 354 Å². The van der Waals surface area contributed by atoms with E-state index in [1.165, 1.54) is 180 Å². The fourth-order valence-electron chi connectivity index (χ4n) is 6.88. The van der Waals surface area contributed by atoms with E-state index in [0.717, 1.165) is 44.1 Å². The fraction of sp³-hybridized carbons (Fsp3) is 0.660. The predicted octanol–water partition coefficient (Wildman–Crippen LogP) is 17.2. The van der Waals surface area contributed by atoms with Crippen LogP contribution >= 0.6 is 0 Å². The molecule has 0 bridgehead atoms. The summed E-state index contributed by atoms with van der Waals surface area (Å²) >= 11 is 1.99. The third-order valence-electron chi connectivity index (χ3n) is 10.4. The third-order valence-corrected chi connectivity index (χ3v) is 11.8. The summed E-state index contributed by atoms with van der Waals surface area (Å²) in [6, 6.07) is 17.7. The molecule has 0 aliphatic carbocycles. The van der Waals surface area contributed by atoms with Gasteiger partial charge in [-0.15, -0.1) is 16.6 Å². The van der Waals surface area contributed by atoms with Crippen molar-refractivity contribution in [3.8, 4) is 11.8 Å². The number of hydrogen-bond acceptors (Lipinski definition) is 0. The van der Waals surface area contributed by atoms with Crippen molar-refractivity contribution in [2.45, 2.75) is 225 Å². The first-order valence-corrected chi connectivity index (χ1v) is 24.8. The first-order valence-electron chi connectivity index (χ1n) is 23.4. The van der Waals surface area contributed by atoms with E-state index >= 15 is 0 Å². The minimum absolute atomic E-state index is 0.857. The molecule has 0 radical (unpaired) electrons. The van der Waals surface area contributed by atoms with Crippen molar-refractivity contribution in [1.82, 2.24) is 0 Å². The molecule has 2 aromatic rings. The van der Waals surface area contributed by atoms with E-state index in [4.69, 9.17) is 0 Å². The summed E-state index contributed by atoms with van der Waals surface area (Å²) in [4.78, 5) is 3.32. The van der Waals surface area contributed by atoms with E-state index in [1.54, 1.807) is 0 Å². The Hall–Kier alpha value is -2.61. The third kappa shape index (κ3) is 27.9. The van der Waals surface area contributed by atoms with Crippen LogP contribution in [0.15, 0.2) is 60.2 Å². The maximum absolute atomic E-state index is 9.42. The van der Waals surface area contributed by atoms with Crippen molar-refractivity contribution < 1.29 is 19.2 Å². The molecule has 0 aromatic heterocycles. The molecule has 316 valence electrons. The van der Waals surface area contributed by atoms with Gasteiger partial charge in [0.05, 0.1) is 5.57 Å². The number of unbranched alkanes of at least 4 members (excludes halogenated alkanes) is 19. The minimum atomic E-state index is 0.857. The fourth-order valence-corrected chi connectivity index (χ4v) is 8.12. The van der Waals surface area contributed by atoms with Crippen LogP contribution < -0.4 is 0 Å². The summed E-state index contributed by atoms with van der Waals surface area (Å²) in [5.41, 5.74) is 16.7. The molecular weight excluding hydrogens is 723 g/mol. The second-order valence-electron chi connectivity index (χ2n) is 15.6. The Morgan fingerprint density at radius 3 is 1.75 bits per heavy atom. The van der Waals surface area contributed by atoms with Gasteiger partial charge in [-0.3, -0.25) is 0 Å². The van der Waals surface area contributed by atoms with Crippen molar-refractivity contribution in [2.75, 3.05) is 0 Å². The summed E-state index contributed by atoms with van der Waals surface area (Å²) < 4.78 is 0. The molecule has 0 unspecified atom stereocenters. The van der Waals surface area contributed by atoms with E-state index in [9.17, 15) is 5.53 Å². The molecule has 0 saturated heterocycles. The Kier molecular flexibility index (Phi) is 36.0. The van der Waals surface area contributed by atoms with Gasteiger partial charge >= 0.3 is 96.3 Å². The van der Waals surface area contributed by atoms with Crippen LogP contribution in [-0.4, -0.2) is 10.7 Å². The van der Waals surface area contributed by atoms with Crippen LogP contribution in [0.4, 0.5) is 0 Å². The maximum atomic E-state index is 9.42. The van der Waals surface area contributed by atoms with Crippen molar-refractivity contribution in [3.63, 3.8) is 0 Å². The normalized spacial score (nSPS) is 11.0. The molecule has 0 N–H and O–H groups in total. The van der Waals surface area contributed by atoms with Gasteiger partial charge in [-0.1, -0.05) is 146 Å². The van der Waals surface area contributed by atoms with Gasteiger partial charge in [0.15, 0.2) is 0 Å². The number of benzene rings is 2. The van der Waals surface area contributed by atoms with Crippen molar-refractivity contribution in [1.29, 1.82) is 0 Å².